The molecule has 0 saturated heterocycles. The van der Waals surface area contributed by atoms with Crippen molar-refractivity contribution >= 4 is 23.0 Å². The summed E-state index contributed by atoms with van der Waals surface area (Å²) >= 11 is 0. The van der Waals surface area contributed by atoms with E-state index < -0.39 is 19.1 Å². The molecule has 10 heteroatoms. The number of nitrogens with zero attached hydrogens (tertiary/aromatic N) is 1. The third kappa shape index (κ3) is 9.97. The molecule has 4 N–H and O–H groups in total. The number of allylic oxidation sites excluding steroid dienone is 1. The zero-order valence-electron chi connectivity index (χ0n) is 21.6. The Morgan fingerprint density at radius 1 is 1.16 bits per heavy atom. The van der Waals surface area contributed by atoms with Crippen LogP contribution < -0.4 is 10.1 Å². The second kappa shape index (κ2) is 15.1. The summed E-state index contributed by atoms with van der Waals surface area (Å²) < 4.78 is 40.8. The summed E-state index contributed by atoms with van der Waals surface area (Å²) in [5, 5.41) is 31.2. The largest absolute Gasteiger partial charge is 0.573 e. The second-order valence-corrected chi connectivity index (χ2v) is 8.36. The minimum atomic E-state index is -4.77. The van der Waals surface area contributed by atoms with Gasteiger partial charge in [-0.3, -0.25) is 4.79 Å². The van der Waals surface area contributed by atoms with Crippen molar-refractivity contribution in [1.82, 2.24) is 4.98 Å². The highest BCUT2D eigenvalue weighted by molar-refractivity contribution is 6.05. The minimum Gasteiger partial charge on any atom is -0.406 e. The molecule has 2 aromatic rings. The maximum absolute atomic E-state index is 12.3. The molecule has 0 aliphatic rings. The number of hydrogen-bond donors (Lipinski definition) is 4. The fourth-order valence-corrected chi connectivity index (χ4v) is 3.41. The van der Waals surface area contributed by atoms with Crippen LogP contribution in [0.5, 0.6) is 5.75 Å². The maximum atomic E-state index is 12.3. The lowest BCUT2D eigenvalue weighted by Crippen LogP contribution is -2.20. The Bertz CT molecular complexity index is 1020. The van der Waals surface area contributed by atoms with Crippen LogP contribution in [0.4, 0.5) is 24.7 Å². The van der Waals surface area contributed by atoms with Gasteiger partial charge in [0.1, 0.15) is 17.7 Å². The molecule has 0 saturated carbocycles. The molecule has 2 atom stereocenters. The third-order valence-electron chi connectivity index (χ3n) is 5.83. The van der Waals surface area contributed by atoms with E-state index in [1.807, 2.05) is 27.7 Å². The van der Waals surface area contributed by atoms with Crippen LogP contribution in [0.25, 0.3) is 0 Å². The molecule has 0 aliphatic heterocycles. The molecule has 1 heterocycles. The highest BCUT2D eigenvalue weighted by Crippen LogP contribution is 2.31. The van der Waals surface area contributed by atoms with E-state index in [2.05, 4.69) is 21.6 Å². The van der Waals surface area contributed by atoms with Crippen molar-refractivity contribution < 1.29 is 32.9 Å². The molecular formula is C27H36F3N3O4. The molecule has 7 nitrogen and oxygen atoms in total. The predicted octanol–water partition coefficient (Wildman–Crippen LogP) is 6.34. The van der Waals surface area contributed by atoms with E-state index in [1.165, 1.54) is 24.4 Å². The maximum Gasteiger partial charge on any atom is 0.573 e. The lowest BCUT2D eigenvalue weighted by molar-refractivity contribution is -0.274. The smallest absolute Gasteiger partial charge is 0.406 e. The monoisotopic (exact) mass is 523 g/mol. The highest BCUT2D eigenvalue weighted by atomic mass is 19.4. The Labute approximate surface area is 215 Å². The van der Waals surface area contributed by atoms with Gasteiger partial charge in [-0.1, -0.05) is 34.3 Å². The van der Waals surface area contributed by atoms with Crippen molar-refractivity contribution in [3.8, 4) is 5.75 Å². The van der Waals surface area contributed by atoms with Gasteiger partial charge in [0.05, 0.1) is 6.61 Å². The van der Waals surface area contributed by atoms with Crippen LogP contribution in [-0.4, -0.2) is 39.7 Å². The third-order valence-corrected chi connectivity index (χ3v) is 5.83. The Kier molecular flexibility index (Phi) is 13.0. The Morgan fingerprint density at radius 2 is 1.76 bits per heavy atom. The Balaban J connectivity index is 0.000000738. The molecule has 1 aromatic heterocycles. The molecule has 1 aromatic carbocycles. The van der Waals surface area contributed by atoms with Crippen LogP contribution >= 0.6 is 0 Å². The van der Waals surface area contributed by atoms with Gasteiger partial charge < -0.3 is 25.7 Å². The van der Waals surface area contributed by atoms with Gasteiger partial charge in [-0.25, -0.2) is 4.98 Å². The van der Waals surface area contributed by atoms with Gasteiger partial charge in [-0.2, -0.15) is 0 Å². The molecule has 0 fully saturated rings. The average molecular weight is 524 g/mol. The van der Waals surface area contributed by atoms with E-state index >= 15 is 0 Å². The van der Waals surface area contributed by atoms with Gasteiger partial charge in [0, 0.05) is 35.0 Å². The topological polar surface area (TPSA) is 116 Å². The van der Waals surface area contributed by atoms with E-state index in [1.54, 1.807) is 6.07 Å². The molecule has 0 aliphatic carbocycles. The first-order valence-electron chi connectivity index (χ1n) is 12.1. The number of carbonyl (C=O) groups is 1. The highest BCUT2D eigenvalue weighted by Gasteiger charge is 2.31. The number of aliphatic hydroxyl groups is 2. The first kappa shape index (κ1) is 31.8. The number of aromatic nitrogens is 1. The van der Waals surface area contributed by atoms with Crippen molar-refractivity contribution in [1.29, 1.82) is 5.41 Å². The van der Waals surface area contributed by atoms with Crippen LogP contribution in [-0.2, 0) is 4.79 Å². The molecule has 0 amide bonds. The number of alkyl halides is 3. The first-order valence-corrected chi connectivity index (χ1v) is 12.1. The summed E-state index contributed by atoms with van der Waals surface area (Å²) in [4.78, 5) is 14.9. The van der Waals surface area contributed by atoms with Crippen molar-refractivity contribution in [2.45, 2.75) is 59.4 Å². The molecular weight excluding hydrogens is 487 g/mol. The van der Waals surface area contributed by atoms with Gasteiger partial charge in [-0.15, -0.1) is 13.2 Å². The molecule has 0 radical (unpaired) electrons. The number of benzene rings is 1. The summed E-state index contributed by atoms with van der Waals surface area (Å²) in [7, 11) is 0. The number of ether oxygens (including phenoxy) is 1. The van der Waals surface area contributed by atoms with Crippen molar-refractivity contribution in [3.05, 3.63) is 60.3 Å². The summed E-state index contributed by atoms with van der Waals surface area (Å²) in [5.41, 5.74) is 1.43. The number of pyridine rings is 1. The van der Waals surface area contributed by atoms with E-state index in [4.69, 9.17) is 5.41 Å². The van der Waals surface area contributed by atoms with E-state index in [-0.39, 0.29) is 34.9 Å². The van der Waals surface area contributed by atoms with Crippen LogP contribution in [0.1, 0.15) is 64.2 Å². The Morgan fingerprint density at radius 3 is 2.19 bits per heavy atom. The summed E-state index contributed by atoms with van der Waals surface area (Å²) in [6, 6.07) is 6.64. The first-order chi connectivity index (χ1) is 17.4. The SMILES string of the molecule is C=CC(=O)C(C)CC.CCC(CC)C(=N)c1c(C(O)CO)ccnc1Nc1ccc(OC(F)(F)F)cc1. The zero-order valence-corrected chi connectivity index (χ0v) is 21.6. The minimum absolute atomic E-state index is 0.0769. The quantitative estimate of drug-likeness (QED) is 0.191. The van der Waals surface area contributed by atoms with Crippen molar-refractivity contribution in [2.75, 3.05) is 11.9 Å². The number of nitrogens with one attached hydrogen (secondary N) is 2. The Hall–Kier alpha value is -3.24. The summed E-state index contributed by atoms with van der Waals surface area (Å²) in [5.74, 6) is 0.147. The van der Waals surface area contributed by atoms with Crippen molar-refractivity contribution in [3.63, 3.8) is 0 Å². The zero-order chi connectivity index (χ0) is 28.2. The lowest BCUT2D eigenvalue weighted by Gasteiger charge is -2.22. The number of anilines is 2. The van der Waals surface area contributed by atoms with Crippen molar-refractivity contribution in [2.24, 2.45) is 11.8 Å². The van der Waals surface area contributed by atoms with Gasteiger partial charge >= 0.3 is 6.36 Å². The number of hydrogen-bond acceptors (Lipinski definition) is 7. The van der Waals surface area contributed by atoms with Crippen LogP contribution in [0.15, 0.2) is 49.2 Å². The van der Waals surface area contributed by atoms with E-state index in [9.17, 15) is 28.2 Å². The molecule has 0 spiro atoms. The normalized spacial score (nSPS) is 12.7. The molecule has 204 valence electrons. The van der Waals surface area contributed by atoms with Gasteiger partial charge in [0.15, 0.2) is 5.78 Å². The van der Waals surface area contributed by atoms with Crippen LogP contribution in [0.3, 0.4) is 0 Å². The number of halogens is 3. The summed E-state index contributed by atoms with van der Waals surface area (Å²) in [6.07, 6.45) is -0.821. The molecule has 2 unspecified atom stereocenters. The predicted molar refractivity (Wildman–Crippen MR) is 138 cm³/mol. The molecule has 2 rings (SSSR count). The number of ketones is 1. The standard InChI is InChI=1S/C20H24F3N3O3.C7H12O/c1-3-12(4-2)18(24)17-15(16(28)11-27)9-10-25-19(17)26-13-5-7-14(8-6-13)29-20(21,22)23;1-4-6(3)7(8)5-2/h5-10,12,16,24,27-28H,3-4,11H2,1-2H3,(H,25,26);5-6H,2,4H2,1,3H3. The molecule has 37 heavy (non-hydrogen) atoms. The number of rotatable bonds is 12. The fourth-order valence-electron chi connectivity index (χ4n) is 3.41. The molecule has 0 bridgehead atoms. The van der Waals surface area contributed by atoms with Gasteiger partial charge in [-0.05, 0) is 61.2 Å². The van der Waals surface area contributed by atoms with E-state index in [0.29, 0.717) is 29.7 Å². The fraction of sp³-hybridized carbons (Fsp3) is 0.444. The summed E-state index contributed by atoms with van der Waals surface area (Å²) in [6.45, 7) is 10.7. The second-order valence-electron chi connectivity index (χ2n) is 8.36. The number of aliphatic hydroxyl groups excluding tert-OH is 2. The van der Waals surface area contributed by atoms with Crippen LogP contribution in [0, 0.1) is 17.2 Å². The van der Waals surface area contributed by atoms with E-state index in [0.717, 1.165) is 18.6 Å². The number of carbonyl (C=O) groups excluding carboxylic acids is 1. The van der Waals surface area contributed by atoms with Gasteiger partial charge in [0.25, 0.3) is 0 Å². The van der Waals surface area contributed by atoms with Crippen LogP contribution in [0.2, 0.25) is 0 Å². The average Bonchev–Trinajstić information content (AvgIpc) is 2.88. The van der Waals surface area contributed by atoms with Gasteiger partial charge in [0.2, 0.25) is 0 Å². The lowest BCUT2D eigenvalue weighted by atomic mass is 9.88.